The van der Waals surface area contributed by atoms with E-state index in [0.29, 0.717) is 12.8 Å². The number of aryl methyl sites for hydroxylation is 3. The highest BCUT2D eigenvalue weighted by Crippen LogP contribution is 2.33. The van der Waals surface area contributed by atoms with Crippen molar-refractivity contribution in [3.05, 3.63) is 87.5 Å². The molecule has 134 valence electrons. The van der Waals surface area contributed by atoms with Crippen LogP contribution in [0.1, 0.15) is 38.9 Å². The Kier molecular flexibility index (Phi) is 4.90. The first-order chi connectivity index (χ1) is 12.3. The van der Waals surface area contributed by atoms with Crippen molar-refractivity contribution in [1.29, 1.82) is 0 Å². The Labute approximate surface area is 154 Å². The lowest BCUT2D eigenvalue weighted by molar-refractivity contribution is 0.460. The Morgan fingerprint density at radius 3 is 1.58 bits per heavy atom. The van der Waals surface area contributed by atoms with E-state index >= 15 is 0 Å². The maximum Gasteiger partial charge on any atom is 0.119 e. The summed E-state index contributed by atoms with van der Waals surface area (Å²) in [5, 5.41) is 30.9. The largest absolute Gasteiger partial charge is 0.508 e. The Bertz CT molecular complexity index is 879. The lowest BCUT2D eigenvalue weighted by Crippen LogP contribution is -2.02. The zero-order valence-corrected chi connectivity index (χ0v) is 15.4. The van der Waals surface area contributed by atoms with Crippen LogP contribution >= 0.6 is 0 Å². The van der Waals surface area contributed by atoms with Crippen molar-refractivity contribution in [3.63, 3.8) is 0 Å². The van der Waals surface area contributed by atoms with E-state index in [9.17, 15) is 15.3 Å². The van der Waals surface area contributed by atoms with Crippen LogP contribution in [0.3, 0.4) is 0 Å². The van der Waals surface area contributed by atoms with Gasteiger partial charge in [-0.1, -0.05) is 41.5 Å². The second kappa shape index (κ2) is 7.12. The molecule has 3 aromatic carbocycles. The maximum atomic E-state index is 10.5. The molecule has 3 rings (SSSR count). The lowest BCUT2D eigenvalue weighted by atomic mass is 9.90. The standard InChI is InChI=1S/C23H24O3/c1-14-4-7-21(24)17(10-14)12-19-16(3)6-9-23(26)20(19)13-18-11-15(2)5-8-22(18)25/h4-11,24-26H,12-13H2,1-3H3. The van der Waals surface area contributed by atoms with E-state index in [4.69, 9.17) is 0 Å². The predicted molar refractivity (Wildman–Crippen MR) is 104 cm³/mol. The number of hydrogen-bond acceptors (Lipinski definition) is 3. The monoisotopic (exact) mass is 348 g/mol. The second-order valence-electron chi connectivity index (χ2n) is 6.98. The fourth-order valence-corrected chi connectivity index (χ4v) is 3.33. The van der Waals surface area contributed by atoms with Crippen LogP contribution in [-0.2, 0) is 12.8 Å². The van der Waals surface area contributed by atoms with Gasteiger partial charge >= 0.3 is 0 Å². The molecule has 0 unspecified atom stereocenters. The van der Waals surface area contributed by atoms with E-state index in [0.717, 1.165) is 38.9 Å². The van der Waals surface area contributed by atoms with Gasteiger partial charge in [-0.2, -0.15) is 0 Å². The van der Waals surface area contributed by atoms with Crippen LogP contribution in [0, 0.1) is 20.8 Å². The molecule has 3 N–H and O–H groups in total. The SMILES string of the molecule is Cc1ccc(O)c(Cc2c(C)ccc(O)c2Cc2cc(C)ccc2O)c1. The number of aromatic hydroxyl groups is 3. The molecule has 0 radical (unpaired) electrons. The summed E-state index contributed by atoms with van der Waals surface area (Å²) in [5.41, 5.74) is 6.55. The van der Waals surface area contributed by atoms with E-state index in [-0.39, 0.29) is 17.2 Å². The highest BCUT2D eigenvalue weighted by molar-refractivity contribution is 5.52. The number of hydrogen-bond donors (Lipinski definition) is 3. The van der Waals surface area contributed by atoms with Gasteiger partial charge in [-0.3, -0.25) is 0 Å². The summed E-state index contributed by atoms with van der Waals surface area (Å²) in [4.78, 5) is 0. The molecular weight excluding hydrogens is 324 g/mol. The number of benzene rings is 3. The minimum Gasteiger partial charge on any atom is -0.508 e. The number of phenols is 3. The van der Waals surface area contributed by atoms with Crippen LogP contribution in [0.25, 0.3) is 0 Å². The molecule has 0 atom stereocenters. The fourth-order valence-electron chi connectivity index (χ4n) is 3.33. The van der Waals surface area contributed by atoms with E-state index in [1.54, 1.807) is 18.2 Å². The Morgan fingerprint density at radius 1 is 0.577 bits per heavy atom. The van der Waals surface area contributed by atoms with E-state index in [2.05, 4.69) is 0 Å². The Balaban J connectivity index is 2.07. The third-order valence-electron chi connectivity index (χ3n) is 4.85. The quantitative estimate of drug-likeness (QED) is 0.628. The highest BCUT2D eigenvalue weighted by atomic mass is 16.3. The van der Waals surface area contributed by atoms with Gasteiger partial charge in [-0.15, -0.1) is 0 Å². The minimum atomic E-state index is 0.207. The van der Waals surface area contributed by atoms with Gasteiger partial charge in [0, 0.05) is 18.4 Å². The molecule has 0 aliphatic heterocycles. The van der Waals surface area contributed by atoms with Gasteiger partial charge in [0.1, 0.15) is 17.2 Å². The van der Waals surface area contributed by atoms with E-state index in [1.165, 1.54) is 0 Å². The third kappa shape index (κ3) is 3.67. The van der Waals surface area contributed by atoms with Crippen molar-refractivity contribution < 1.29 is 15.3 Å². The average Bonchev–Trinajstić information content (AvgIpc) is 2.60. The van der Waals surface area contributed by atoms with Crippen molar-refractivity contribution >= 4 is 0 Å². The van der Waals surface area contributed by atoms with Crippen LogP contribution < -0.4 is 0 Å². The van der Waals surface area contributed by atoms with Gasteiger partial charge in [0.15, 0.2) is 0 Å². The summed E-state index contributed by atoms with van der Waals surface area (Å²) >= 11 is 0. The van der Waals surface area contributed by atoms with Crippen molar-refractivity contribution in [3.8, 4) is 17.2 Å². The lowest BCUT2D eigenvalue weighted by Gasteiger charge is -2.17. The molecular formula is C23H24O3. The molecule has 3 aromatic rings. The van der Waals surface area contributed by atoms with Gasteiger partial charge in [0.2, 0.25) is 0 Å². The highest BCUT2D eigenvalue weighted by Gasteiger charge is 2.15. The molecule has 0 saturated carbocycles. The van der Waals surface area contributed by atoms with Crippen molar-refractivity contribution in [1.82, 2.24) is 0 Å². The molecule has 0 aliphatic rings. The molecule has 0 bridgehead atoms. The molecule has 0 aliphatic carbocycles. The van der Waals surface area contributed by atoms with Gasteiger partial charge in [0.05, 0.1) is 0 Å². The summed E-state index contributed by atoms with van der Waals surface area (Å²) in [6.45, 7) is 5.97. The molecule has 0 aromatic heterocycles. The zero-order chi connectivity index (χ0) is 18.8. The summed E-state index contributed by atoms with van der Waals surface area (Å²) in [5.74, 6) is 0.683. The molecule has 26 heavy (non-hydrogen) atoms. The molecule has 0 fully saturated rings. The van der Waals surface area contributed by atoms with Crippen molar-refractivity contribution in [2.75, 3.05) is 0 Å². The van der Waals surface area contributed by atoms with Crippen LogP contribution in [0.4, 0.5) is 0 Å². The van der Waals surface area contributed by atoms with Crippen LogP contribution in [-0.4, -0.2) is 15.3 Å². The normalized spacial score (nSPS) is 10.9. The number of rotatable bonds is 4. The summed E-state index contributed by atoms with van der Waals surface area (Å²) in [7, 11) is 0. The second-order valence-corrected chi connectivity index (χ2v) is 6.98. The first-order valence-electron chi connectivity index (χ1n) is 8.72. The molecule has 3 heteroatoms. The molecule has 0 saturated heterocycles. The third-order valence-corrected chi connectivity index (χ3v) is 4.85. The summed E-state index contributed by atoms with van der Waals surface area (Å²) < 4.78 is 0. The molecule has 3 nitrogen and oxygen atoms in total. The van der Waals surface area contributed by atoms with Crippen molar-refractivity contribution in [2.24, 2.45) is 0 Å². The van der Waals surface area contributed by atoms with Gasteiger partial charge in [-0.25, -0.2) is 0 Å². The smallest absolute Gasteiger partial charge is 0.119 e. The zero-order valence-electron chi connectivity index (χ0n) is 15.4. The predicted octanol–water partition coefficient (Wildman–Crippen LogP) is 4.91. The minimum absolute atomic E-state index is 0.207. The van der Waals surface area contributed by atoms with E-state index < -0.39 is 0 Å². The van der Waals surface area contributed by atoms with Gasteiger partial charge in [-0.05, 0) is 61.2 Å². The Hall–Kier alpha value is -2.94. The fraction of sp³-hybridized carbons (Fsp3) is 0.217. The summed E-state index contributed by atoms with van der Waals surface area (Å²) in [6.07, 6.45) is 0.957. The topological polar surface area (TPSA) is 60.7 Å². The molecule has 0 heterocycles. The van der Waals surface area contributed by atoms with Crippen LogP contribution in [0.2, 0.25) is 0 Å². The van der Waals surface area contributed by atoms with Crippen LogP contribution in [0.5, 0.6) is 17.2 Å². The van der Waals surface area contributed by atoms with E-state index in [1.807, 2.05) is 51.1 Å². The average molecular weight is 348 g/mol. The van der Waals surface area contributed by atoms with Crippen molar-refractivity contribution in [2.45, 2.75) is 33.6 Å². The van der Waals surface area contributed by atoms with Crippen LogP contribution in [0.15, 0.2) is 48.5 Å². The number of phenolic OH excluding ortho intramolecular Hbond substituents is 3. The summed E-state index contributed by atoms with van der Waals surface area (Å²) in [6, 6.07) is 14.6. The Morgan fingerprint density at radius 2 is 1.04 bits per heavy atom. The first kappa shape index (κ1) is 17.9. The maximum absolute atomic E-state index is 10.5. The van der Waals surface area contributed by atoms with Gasteiger partial charge in [0.25, 0.3) is 0 Å². The molecule has 0 amide bonds. The molecule has 0 spiro atoms. The van der Waals surface area contributed by atoms with Gasteiger partial charge < -0.3 is 15.3 Å². The first-order valence-corrected chi connectivity index (χ1v) is 8.72.